The monoisotopic (exact) mass is 455 g/mol. The molecule has 5 heteroatoms. The van der Waals surface area contributed by atoms with E-state index in [4.69, 9.17) is 9.47 Å². The van der Waals surface area contributed by atoms with Crippen LogP contribution in [0.2, 0.25) is 0 Å². The van der Waals surface area contributed by atoms with E-state index < -0.39 is 0 Å². The quantitative estimate of drug-likeness (QED) is 0.594. The van der Waals surface area contributed by atoms with Crippen molar-refractivity contribution in [3.05, 3.63) is 59.7 Å². The van der Waals surface area contributed by atoms with Crippen LogP contribution >= 0.6 is 15.9 Å². The second-order valence-electron chi connectivity index (χ2n) is 8.37. The number of amides is 1. The van der Waals surface area contributed by atoms with E-state index in [-0.39, 0.29) is 24.1 Å². The van der Waals surface area contributed by atoms with Crippen LogP contribution < -0.4 is 0 Å². The highest BCUT2D eigenvalue weighted by Gasteiger charge is 2.42. The van der Waals surface area contributed by atoms with Crippen LogP contribution in [0.15, 0.2) is 48.5 Å². The van der Waals surface area contributed by atoms with Crippen molar-refractivity contribution in [2.75, 3.05) is 25.2 Å². The zero-order valence-corrected chi connectivity index (χ0v) is 18.0. The van der Waals surface area contributed by atoms with Gasteiger partial charge in [0.25, 0.3) is 0 Å². The van der Waals surface area contributed by atoms with Gasteiger partial charge in [0.15, 0.2) is 0 Å². The number of halogens is 1. The van der Waals surface area contributed by atoms with Crippen LogP contribution in [0, 0.1) is 5.92 Å². The number of morpholine rings is 1. The molecule has 2 atom stereocenters. The molecule has 0 aromatic heterocycles. The smallest absolute Gasteiger partial charge is 0.410 e. The molecule has 0 saturated carbocycles. The molecule has 2 saturated heterocycles. The molecule has 3 aliphatic rings. The molecule has 1 aliphatic carbocycles. The number of rotatable bonds is 4. The van der Waals surface area contributed by atoms with Gasteiger partial charge in [0.05, 0.1) is 25.3 Å². The first kappa shape index (κ1) is 19.1. The third-order valence-corrected chi connectivity index (χ3v) is 7.14. The molecule has 1 amide bonds. The zero-order chi connectivity index (χ0) is 19.8. The molecule has 152 valence electrons. The van der Waals surface area contributed by atoms with Gasteiger partial charge in [-0.3, -0.25) is 4.90 Å². The first-order chi connectivity index (χ1) is 14.3. The number of hydrogen-bond donors (Lipinski definition) is 0. The van der Waals surface area contributed by atoms with Crippen LogP contribution in [0.25, 0.3) is 11.1 Å². The number of carbonyl (C=O) groups is 1. The van der Waals surface area contributed by atoms with Crippen molar-refractivity contribution >= 4 is 22.0 Å². The van der Waals surface area contributed by atoms with E-state index in [0.717, 1.165) is 24.6 Å². The molecule has 2 unspecified atom stereocenters. The highest BCUT2D eigenvalue weighted by atomic mass is 79.9. The van der Waals surface area contributed by atoms with Gasteiger partial charge in [-0.2, -0.15) is 0 Å². The predicted octanol–water partition coefficient (Wildman–Crippen LogP) is 5.20. The molecule has 0 spiro atoms. The third kappa shape index (κ3) is 3.49. The maximum Gasteiger partial charge on any atom is 0.410 e. The Morgan fingerprint density at radius 3 is 2.17 bits per heavy atom. The number of hydrogen-bond acceptors (Lipinski definition) is 3. The molecule has 2 heterocycles. The van der Waals surface area contributed by atoms with Gasteiger partial charge in [-0.25, -0.2) is 4.79 Å². The van der Waals surface area contributed by atoms with Crippen molar-refractivity contribution in [2.24, 2.45) is 5.92 Å². The topological polar surface area (TPSA) is 38.8 Å². The summed E-state index contributed by atoms with van der Waals surface area (Å²) in [4.78, 5) is 15.1. The maximum absolute atomic E-state index is 13.1. The summed E-state index contributed by atoms with van der Waals surface area (Å²) >= 11 is 3.56. The van der Waals surface area contributed by atoms with Gasteiger partial charge in [-0.15, -0.1) is 0 Å². The molecule has 0 radical (unpaired) electrons. The average molecular weight is 456 g/mol. The van der Waals surface area contributed by atoms with Crippen molar-refractivity contribution in [1.82, 2.24) is 4.90 Å². The maximum atomic E-state index is 13.1. The summed E-state index contributed by atoms with van der Waals surface area (Å²) in [6.07, 6.45) is 2.99. The lowest BCUT2D eigenvalue weighted by Crippen LogP contribution is -2.59. The van der Waals surface area contributed by atoms with Gasteiger partial charge in [-0.05, 0) is 47.4 Å². The number of alkyl halides is 1. The number of benzene rings is 2. The van der Waals surface area contributed by atoms with Crippen LogP contribution in [0.1, 0.15) is 36.3 Å². The minimum absolute atomic E-state index is 0.105. The van der Waals surface area contributed by atoms with Crippen molar-refractivity contribution < 1.29 is 14.3 Å². The highest BCUT2D eigenvalue weighted by Crippen LogP contribution is 2.44. The zero-order valence-electron chi connectivity index (χ0n) is 16.4. The number of ether oxygens (including phenoxy) is 2. The Bertz CT molecular complexity index is 842. The summed E-state index contributed by atoms with van der Waals surface area (Å²) in [6.45, 7) is 1.63. The number of piperidine rings is 1. The summed E-state index contributed by atoms with van der Waals surface area (Å²) in [5.74, 6) is 0.763. The number of carbonyl (C=O) groups excluding carboxylic acids is 1. The Kier molecular flexibility index (Phi) is 5.35. The molecule has 5 rings (SSSR count). The van der Waals surface area contributed by atoms with E-state index in [2.05, 4.69) is 64.5 Å². The standard InChI is InChI=1S/C24H26BrNO3/c25-10-9-16-11-17-13-28-14-18(12-16)26(17)24(27)29-15-23-21-7-3-1-5-19(21)20-6-2-4-8-22(20)23/h1-8,16-18,23H,9-15H2. The van der Waals surface area contributed by atoms with Crippen LogP contribution in [-0.4, -0.2) is 48.2 Å². The molecule has 0 N–H and O–H groups in total. The van der Waals surface area contributed by atoms with Crippen molar-refractivity contribution in [3.63, 3.8) is 0 Å². The molecule has 29 heavy (non-hydrogen) atoms. The molecule has 2 aromatic carbocycles. The van der Waals surface area contributed by atoms with E-state index in [1.54, 1.807) is 0 Å². The lowest BCUT2D eigenvalue weighted by atomic mass is 9.84. The predicted molar refractivity (Wildman–Crippen MR) is 116 cm³/mol. The van der Waals surface area contributed by atoms with Gasteiger partial charge in [0, 0.05) is 11.2 Å². The first-order valence-corrected chi connectivity index (χ1v) is 11.7. The van der Waals surface area contributed by atoms with E-state index in [1.165, 1.54) is 22.3 Å². The average Bonchev–Trinajstić information content (AvgIpc) is 3.05. The third-order valence-electron chi connectivity index (χ3n) is 6.68. The van der Waals surface area contributed by atoms with E-state index in [1.807, 2.05) is 4.90 Å². The van der Waals surface area contributed by atoms with E-state index in [9.17, 15) is 4.79 Å². The summed E-state index contributed by atoms with van der Waals surface area (Å²) in [6, 6.07) is 17.2. The fourth-order valence-corrected chi connectivity index (χ4v) is 6.03. The summed E-state index contributed by atoms with van der Waals surface area (Å²) in [5.41, 5.74) is 5.01. The normalized spacial score (nSPS) is 25.4. The molecular formula is C24H26BrNO3. The van der Waals surface area contributed by atoms with Crippen LogP contribution in [0.4, 0.5) is 4.79 Å². The number of fused-ring (bicyclic) bond motifs is 5. The molecule has 2 aliphatic heterocycles. The van der Waals surface area contributed by atoms with Gasteiger partial charge >= 0.3 is 6.09 Å². The molecule has 2 aromatic rings. The molecular weight excluding hydrogens is 430 g/mol. The van der Waals surface area contributed by atoms with Crippen LogP contribution in [-0.2, 0) is 9.47 Å². The molecule has 2 bridgehead atoms. The summed E-state index contributed by atoms with van der Waals surface area (Å²) in [5, 5.41) is 1.02. The molecule has 4 nitrogen and oxygen atoms in total. The van der Waals surface area contributed by atoms with Crippen molar-refractivity contribution in [1.29, 1.82) is 0 Å². The van der Waals surface area contributed by atoms with Gasteiger partial charge in [-0.1, -0.05) is 64.5 Å². The fourth-order valence-electron chi connectivity index (χ4n) is 5.38. The van der Waals surface area contributed by atoms with Gasteiger partial charge in [0.1, 0.15) is 6.61 Å². The minimum atomic E-state index is -0.178. The molecule has 2 fully saturated rings. The SMILES string of the molecule is O=C(OCC1c2ccccc2-c2ccccc21)N1C2COCC1CC(CCBr)C2. The Labute approximate surface area is 180 Å². The Morgan fingerprint density at radius 1 is 1.00 bits per heavy atom. The number of nitrogens with zero attached hydrogens (tertiary/aromatic N) is 1. The lowest BCUT2D eigenvalue weighted by Gasteiger charge is -2.47. The van der Waals surface area contributed by atoms with Crippen LogP contribution in [0.5, 0.6) is 0 Å². The lowest BCUT2D eigenvalue weighted by molar-refractivity contribution is -0.0788. The Hall–Kier alpha value is -1.85. The highest BCUT2D eigenvalue weighted by molar-refractivity contribution is 9.09. The van der Waals surface area contributed by atoms with Crippen molar-refractivity contribution in [2.45, 2.75) is 37.3 Å². The summed E-state index contributed by atoms with van der Waals surface area (Å²) < 4.78 is 11.7. The second-order valence-corrected chi connectivity index (χ2v) is 9.16. The van der Waals surface area contributed by atoms with Gasteiger partial charge < -0.3 is 9.47 Å². The van der Waals surface area contributed by atoms with Crippen LogP contribution in [0.3, 0.4) is 0 Å². The Morgan fingerprint density at radius 2 is 1.59 bits per heavy atom. The van der Waals surface area contributed by atoms with Gasteiger partial charge in [0.2, 0.25) is 0 Å². The van der Waals surface area contributed by atoms with E-state index in [0.29, 0.717) is 25.7 Å². The first-order valence-electron chi connectivity index (χ1n) is 10.5. The van der Waals surface area contributed by atoms with Crippen molar-refractivity contribution in [3.8, 4) is 11.1 Å². The Balaban J connectivity index is 1.31. The fraction of sp³-hybridized carbons (Fsp3) is 0.458. The second kappa shape index (κ2) is 8.11. The largest absolute Gasteiger partial charge is 0.448 e. The summed E-state index contributed by atoms with van der Waals surface area (Å²) in [7, 11) is 0. The minimum Gasteiger partial charge on any atom is -0.448 e. The van der Waals surface area contributed by atoms with E-state index >= 15 is 0 Å².